The Kier molecular flexibility index (Phi) is 7.28. The lowest BCUT2D eigenvalue weighted by atomic mass is 10.0. The van der Waals surface area contributed by atoms with E-state index in [4.69, 9.17) is 16.7 Å². The highest BCUT2D eigenvalue weighted by molar-refractivity contribution is 6.17. The fourth-order valence-electron chi connectivity index (χ4n) is 1.90. The van der Waals surface area contributed by atoms with E-state index in [-0.39, 0.29) is 13.2 Å². The monoisotopic (exact) mass is 271 g/mol. The molecule has 1 rings (SSSR count). The van der Waals surface area contributed by atoms with Gasteiger partial charge in [-0.15, -0.1) is 11.6 Å². The number of aliphatic hydroxyl groups is 2. The molecule has 0 atom stereocenters. The lowest BCUT2D eigenvalue weighted by Gasteiger charge is -2.16. The van der Waals surface area contributed by atoms with Crippen LogP contribution in [0.15, 0.2) is 18.2 Å². The minimum Gasteiger partial charge on any atom is -0.392 e. The molecule has 0 aliphatic rings. The first-order valence-electron chi connectivity index (χ1n) is 6.28. The van der Waals surface area contributed by atoms with Gasteiger partial charge in [-0.1, -0.05) is 18.2 Å². The lowest BCUT2D eigenvalue weighted by Crippen LogP contribution is -2.22. The lowest BCUT2D eigenvalue weighted by molar-refractivity contribution is 0.260. The first-order chi connectivity index (χ1) is 8.71. The van der Waals surface area contributed by atoms with E-state index in [1.54, 1.807) is 0 Å². The molecule has 0 heterocycles. The zero-order valence-corrected chi connectivity index (χ0v) is 11.7. The maximum atomic E-state index is 9.23. The van der Waals surface area contributed by atoms with Crippen molar-refractivity contribution in [2.24, 2.45) is 0 Å². The van der Waals surface area contributed by atoms with Gasteiger partial charge in [-0.25, -0.2) is 0 Å². The average molecular weight is 272 g/mol. The van der Waals surface area contributed by atoms with E-state index >= 15 is 0 Å². The maximum absolute atomic E-state index is 9.23. The number of aliphatic hydroxyl groups excluding tert-OH is 2. The van der Waals surface area contributed by atoms with Crippen molar-refractivity contribution in [3.8, 4) is 0 Å². The molecule has 0 aliphatic carbocycles. The molecule has 102 valence electrons. The molecule has 1 aromatic rings. The molecule has 0 aliphatic heterocycles. The van der Waals surface area contributed by atoms with E-state index in [9.17, 15) is 5.11 Å². The van der Waals surface area contributed by atoms with Crippen LogP contribution in [-0.4, -0.2) is 41.1 Å². The van der Waals surface area contributed by atoms with E-state index in [0.717, 1.165) is 37.1 Å². The third-order valence-corrected chi connectivity index (χ3v) is 3.33. The summed E-state index contributed by atoms with van der Waals surface area (Å²) in [5, 5.41) is 18.4. The molecule has 0 amide bonds. The number of rotatable bonds is 8. The van der Waals surface area contributed by atoms with Crippen molar-refractivity contribution in [3.05, 3.63) is 34.9 Å². The third kappa shape index (κ3) is 4.94. The van der Waals surface area contributed by atoms with Crippen LogP contribution in [0, 0.1) is 0 Å². The number of likely N-dealkylation sites (N-methyl/N-ethyl adjacent to an activating group) is 1. The fraction of sp³-hybridized carbons (Fsp3) is 0.571. The fourth-order valence-corrected chi connectivity index (χ4v) is 2.02. The topological polar surface area (TPSA) is 43.7 Å². The zero-order chi connectivity index (χ0) is 13.4. The zero-order valence-electron chi connectivity index (χ0n) is 10.9. The van der Waals surface area contributed by atoms with Crippen LogP contribution in [0.4, 0.5) is 0 Å². The Morgan fingerprint density at radius 2 is 1.83 bits per heavy atom. The van der Waals surface area contributed by atoms with Gasteiger partial charge in [0.1, 0.15) is 0 Å². The summed E-state index contributed by atoms with van der Waals surface area (Å²) in [6.45, 7) is 1.93. The van der Waals surface area contributed by atoms with Crippen molar-refractivity contribution < 1.29 is 10.2 Å². The molecular weight excluding hydrogens is 250 g/mol. The van der Waals surface area contributed by atoms with Gasteiger partial charge in [0.15, 0.2) is 0 Å². The van der Waals surface area contributed by atoms with Gasteiger partial charge >= 0.3 is 0 Å². The van der Waals surface area contributed by atoms with Crippen molar-refractivity contribution in [2.45, 2.75) is 26.1 Å². The van der Waals surface area contributed by atoms with Crippen LogP contribution in [-0.2, 0) is 19.6 Å². The van der Waals surface area contributed by atoms with Gasteiger partial charge in [0.05, 0.1) is 13.2 Å². The number of hydrogen-bond acceptors (Lipinski definition) is 3. The molecule has 4 heteroatoms. The molecule has 0 fully saturated rings. The highest BCUT2D eigenvalue weighted by atomic mass is 35.5. The Morgan fingerprint density at radius 1 is 1.11 bits per heavy atom. The summed E-state index contributed by atoms with van der Waals surface area (Å²) in [5.74, 6) is 0.699. The first kappa shape index (κ1) is 15.4. The van der Waals surface area contributed by atoms with Gasteiger partial charge in [0.2, 0.25) is 0 Å². The second-order valence-electron chi connectivity index (χ2n) is 4.52. The highest BCUT2D eigenvalue weighted by Gasteiger charge is 2.04. The Balaban J connectivity index is 2.52. The molecule has 18 heavy (non-hydrogen) atoms. The van der Waals surface area contributed by atoms with Crippen LogP contribution in [0.5, 0.6) is 0 Å². The summed E-state index contributed by atoms with van der Waals surface area (Å²) in [7, 11) is 2.08. The molecule has 0 spiro atoms. The minimum absolute atomic E-state index is 0.0220. The van der Waals surface area contributed by atoms with Gasteiger partial charge in [-0.2, -0.15) is 0 Å². The van der Waals surface area contributed by atoms with Crippen LogP contribution < -0.4 is 0 Å². The predicted octanol–water partition coefficient (Wildman–Crippen LogP) is 1.77. The van der Waals surface area contributed by atoms with E-state index in [2.05, 4.69) is 11.9 Å². The van der Waals surface area contributed by atoms with Crippen LogP contribution in [0.1, 0.15) is 23.1 Å². The molecule has 0 radical (unpaired) electrons. The summed E-state index contributed by atoms with van der Waals surface area (Å²) in [4.78, 5) is 2.25. The van der Waals surface area contributed by atoms with E-state index < -0.39 is 0 Å². The third-order valence-electron chi connectivity index (χ3n) is 3.07. The Bertz CT molecular complexity index is 358. The summed E-state index contributed by atoms with van der Waals surface area (Å²) >= 11 is 5.66. The molecule has 3 nitrogen and oxygen atoms in total. The van der Waals surface area contributed by atoms with Crippen molar-refractivity contribution >= 4 is 11.6 Å². The molecular formula is C14H22ClNO2. The van der Waals surface area contributed by atoms with Crippen molar-refractivity contribution in [2.75, 3.05) is 26.0 Å². The van der Waals surface area contributed by atoms with E-state index in [1.165, 1.54) is 5.56 Å². The SMILES string of the molecule is CN(CCCCl)CCc1ccc(CO)c(CO)c1. The van der Waals surface area contributed by atoms with Gasteiger partial charge in [0.25, 0.3) is 0 Å². The molecule has 0 saturated carbocycles. The quantitative estimate of drug-likeness (QED) is 0.709. The number of halogens is 1. The minimum atomic E-state index is -0.0220. The van der Waals surface area contributed by atoms with Crippen LogP contribution in [0.3, 0.4) is 0 Å². The van der Waals surface area contributed by atoms with E-state index in [0.29, 0.717) is 5.88 Å². The Labute approximate surface area is 114 Å². The Hall–Kier alpha value is -0.610. The number of benzene rings is 1. The summed E-state index contributed by atoms with van der Waals surface area (Å²) in [6.07, 6.45) is 1.95. The van der Waals surface area contributed by atoms with Gasteiger partial charge in [-0.3, -0.25) is 0 Å². The van der Waals surface area contributed by atoms with Crippen molar-refractivity contribution in [1.82, 2.24) is 4.90 Å². The highest BCUT2D eigenvalue weighted by Crippen LogP contribution is 2.13. The molecule has 1 aromatic carbocycles. The smallest absolute Gasteiger partial charge is 0.0685 e. The van der Waals surface area contributed by atoms with Gasteiger partial charge in [-0.05, 0) is 43.1 Å². The summed E-state index contributed by atoms with van der Waals surface area (Å²) in [6, 6.07) is 5.88. The average Bonchev–Trinajstić information content (AvgIpc) is 2.42. The van der Waals surface area contributed by atoms with E-state index in [1.807, 2.05) is 18.2 Å². The largest absolute Gasteiger partial charge is 0.392 e. The van der Waals surface area contributed by atoms with Crippen LogP contribution in [0.2, 0.25) is 0 Å². The number of nitrogens with zero attached hydrogens (tertiary/aromatic N) is 1. The molecule has 0 saturated heterocycles. The summed E-state index contributed by atoms with van der Waals surface area (Å²) in [5.41, 5.74) is 2.81. The standard InChI is InChI=1S/C14H22ClNO2/c1-16(7-2-6-15)8-5-12-3-4-13(10-17)14(9-12)11-18/h3-4,9,17-18H,2,5-8,10-11H2,1H3. The molecule has 2 N–H and O–H groups in total. The van der Waals surface area contributed by atoms with Crippen molar-refractivity contribution in [1.29, 1.82) is 0 Å². The molecule has 0 unspecified atom stereocenters. The predicted molar refractivity (Wildman–Crippen MR) is 74.8 cm³/mol. The van der Waals surface area contributed by atoms with Crippen LogP contribution in [0.25, 0.3) is 0 Å². The summed E-state index contributed by atoms with van der Waals surface area (Å²) < 4.78 is 0. The number of alkyl halides is 1. The maximum Gasteiger partial charge on any atom is 0.0685 e. The molecule has 0 aromatic heterocycles. The second kappa shape index (κ2) is 8.48. The van der Waals surface area contributed by atoms with Crippen LogP contribution >= 0.6 is 11.6 Å². The van der Waals surface area contributed by atoms with Gasteiger partial charge in [0, 0.05) is 12.4 Å². The number of hydrogen-bond donors (Lipinski definition) is 2. The second-order valence-corrected chi connectivity index (χ2v) is 4.89. The first-order valence-corrected chi connectivity index (χ1v) is 6.81. The normalized spacial score (nSPS) is 11.2. The van der Waals surface area contributed by atoms with Gasteiger partial charge < -0.3 is 15.1 Å². The van der Waals surface area contributed by atoms with Crippen molar-refractivity contribution in [3.63, 3.8) is 0 Å². The Morgan fingerprint density at radius 3 is 2.44 bits per heavy atom. The molecule has 0 bridgehead atoms.